The summed E-state index contributed by atoms with van der Waals surface area (Å²) in [5.41, 5.74) is 3.25. The maximum Gasteiger partial charge on any atom is 0.226 e. The monoisotopic (exact) mass is 314 g/mol. The highest BCUT2D eigenvalue weighted by molar-refractivity contribution is 7.14. The van der Waals surface area contributed by atoms with Gasteiger partial charge in [0.15, 0.2) is 5.13 Å². The lowest BCUT2D eigenvalue weighted by Crippen LogP contribution is -2.12. The van der Waals surface area contributed by atoms with Gasteiger partial charge in [0.05, 0.1) is 5.69 Å². The molecule has 1 aliphatic rings. The Labute approximate surface area is 135 Å². The van der Waals surface area contributed by atoms with Gasteiger partial charge in [-0.2, -0.15) is 0 Å². The molecule has 1 aliphatic carbocycles. The summed E-state index contributed by atoms with van der Waals surface area (Å²) in [4.78, 5) is 16.5. The van der Waals surface area contributed by atoms with Gasteiger partial charge in [0.1, 0.15) is 0 Å². The molecule has 1 fully saturated rings. The average molecular weight is 314 g/mol. The molecule has 0 unspecified atom stereocenters. The van der Waals surface area contributed by atoms with Gasteiger partial charge in [-0.3, -0.25) is 4.79 Å². The molecule has 22 heavy (non-hydrogen) atoms. The van der Waals surface area contributed by atoms with E-state index in [1.165, 1.54) is 42.6 Å². The summed E-state index contributed by atoms with van der Waals surface area (Å²) in [5, 5.41) is 5.63. The Balaban J connectivity index is 1.54. The van der Waals surface area contributed by atoms with Crippen LogP contribution in [-0.2, 0) is 4.79 Å². The van der Waals surface area contributed by atoms with Crippen molar-refractivity contribution in [2.24, 2.45) is 5.92 Å². The normalized spacial score (nSPS) is 15.1. The zero-order valence-corrected chi connectivity index (χ0v) is 13.8. The van der Waals surface area contributed by atoms with Crippen molar-refractivity contribution in [2.45, 2.75) is 45.4 Å². The number of amides is 1. The summed E-state index contributed by atoms with van der Waals surface area (Å²) >= 11 is 1.49. The molecule has 1 saturated carbocycles. The Morgan fingerprint density at radius 1 is 1.27 bits per heavy atom. The largest absolute Gasteiger partial charge is 0.302 e. The minimum absolute atomic E-state index is 0.0942. The smallest absolute Gasteiger partial charge is 0.226 e. The molecule has 0 radical (unpaired) electrons. The molecule has 3 rings (SSSR count). The molecule has 1 aromatic carbocycles. The van der Waals surface area contributed by atoms with E-state index in [0.29, 0.717) is 11.6 Å². The average Bonchev–Trinajstić information content (AvgIpc) is 3.17. The fourth-order valence-corrected chi connectivity index (χ4v) is 3.74. The number of thiazole rings is 1. The molecule has 116 valence electrons. The number of hydrogen-bond donors (Lipinski definition) is 1. The Bertz CT molecular complexity index is 627. The van der Waals surface area contributed by atoms with Gasteiger partial charge in [0.2, 0.25) is 5.91 Å². The standard InChI is InChI=1S/C18H22N2OS/c1-13-6-9-15(10-7-13)16-12-22-18(19-16)20-17(21)11-8-14-4-2-3-5-14/h6-7,9-10,12,14H,2-5,8,11H2,1H3,(H,19,20,21). The fourth-order valence-electron chi connectivity index (χ4n) is 3.00. The van der Waals surface area contributed by atoms with E-state index in [1.54, 1.807) is 0 Å². The van der Waals surface area contributed by atoms with E-state index >= 15 is 0 Å². The zero-order chi connectivity index (χ0) is 15.4. The van der Waals surface area contributed by atoms with Crippen LogP contribution in [-0.4, -0.2) is 10.9 Å². The molecule has 1 N–H and O–H groups in total. The van der Waals surface area contributed by atoms with Gasteiger partial charge < -0.3 is 5.32 Å². The van der Waals surface area contributed by atoms with Crippen LogP contribution in [0, 0.1) is 12.8 Å². The van der Waals surface area contributed by atoms with Gasteiger partial charge in [0, 0.05) is 17.4 Å². The van der Waals surface area contributed by atoms with Crippen LogP contribution in [0.15, 0.2) is 29.6 Å². The highest BCUT2D eigenvalue weighted by Crippen LogP contribution is 2.29. The lowest BCUT2D eigenvalue weighted by atomic mass is 10.0. The molecule has 3 nitrogen and oxygen atoms in total. The van der Waals surface area contributed by atoms with E-state index in [0.717, 1.165) is 23.6 Å². The lowest BCUT2D eigenvalue weighted by molar-refractivity contribution is -0.116. The summed E-state index contributed by atoms with van der Waals surface area (Å²) in [5.74, 6) is 0.849. The van der Waals surface area contributed by atoms with Crippen molar-refractivity contribution in [3.63, 3.8) is 0 Å². The number of nitrogens with one attached hydrogen (secondary N) is 1. The Morgan fingerprint density at radius 2 is 2.00 bits per heavy atom. The van der Waals surface area contributed by atoms with Crippen LogP contribution in [0.3, 0.4) is 0 Å². The number of carbonyl (C=O) groups excluding carboxylic acids is 1. The molecule has 1 amide bonds. The summed E-state index contributed by atoms with van der Waals surface area (Å²) in [6.07, 6.45) is 6.88. The van der Waals surface area contributed by atoms with Crippen molar-refractivity contribution in [3.05, 3.63) is 35.2 Å². The van der Waals surface area contributed by atoms with Crippen molar-refractivity contribution in [1.29, 1.82) is 0 Å². The molecule has 0 saturated heterocycles. The first kappa shape index (κ1) is 15.2. The fraction of sp³-hybridized carbons (Fsp3) is 0.444. The van der Waals surface area contributed by atoms with Gasteiger partial charge in [-0.1, -0.05) is 55.5 Å². The van der Waals surface area contributed by atoms with Crippen molar-refractivity contribution in [3.8, 4) is 11.3 Å². The predicted molar refractivity (Wildman–Crippen MR) is 92.1 cm³/mol. The quantitative estimate of drug-likeness (QED) is 0.841. The first-order valence-electron chi connectivity index (χ1n) is 8.03. The number of nitrogens with zero attached hydrogens (tertiary/aromatic N) is 1. The minimum atomic E-state index is 0.0942. The van der Waals surface area contributed by atoms with E-state index < -0.39 is 0 Å². The molecular formula is C18H22N2OS. The van der Waals surface area contributed by atoms with E-state index in [4.69, 9.17) is 0 Å². The topological polar surface area (TPSA) is 42.0 Å². The van der Waals surface area contributed by atoms with Gasteiger partial charge in [-0.25, -0.2) is 4.98 Å². The van der Waals surface area contributed by atoms with Gasteiger partial charge in [0.25, 0.3) is 0 Å². The summed E-state index contributed by atoms with van der Waals surface area (Å²) < 4.78 is 0. The maximum atomic E-state index is 12.0. The molecular weight excluding hydrogens is 292 g/mol. The predicted octanol–water partition coefficient (Wildman–Crippen LogP) is 5.03. The number of hydrogen-bond acceptors (Lipinski definition) is 3. The van der Waals surface area contributed by atoms with E-state index in [9.17, 15) is 4.79 Å². The molecule has 0 aliphatic heterocycles. The van der Waals surface area contributed by atoms with Gasteiger partial charge >= 0.3 is 0 Å². The Kier molecular flexibility index (Phi) is 4.88. The first-order chi connectivity index (χ1) is 10.7. The number of aromatic nitrogens is 1. The van der Waals surface area contributed by atoms with Crippen molar-refractivity contribution >= 4 is 22.4 Å². The maximum absolute atomic E-state index is 12.0. The van der Waals surface area contributed by atoms with Crippen LogP contribution >= 0.6 is 11.3 Å². The van der Waals surface area contributed by atoms with Crippen LogP contribution in [0.2, 0.25) is 0 Å². The minimum Gasteiger partial charge on any atom is -0.302 e. The van der Waals surface area contributed by atoms with E-state index in [1.807, 2.05) is 5.38 Å². The molecule has 1 aromatic heterocycles. The van der Waals surface area contributed by atoms with Crippen LogP contribution in [0.4, 0.5) is 5.13 Å². The van der Waals surface area contributed by atoms with Crippen LogP contribution in [0.5, 0.6) is 0 Å². The van der Waals surface area contributed by atoms with Crippen LogP contribution in [0.1, 0.15) is 44.1 Å². The van der Waals surface area contributed by atoms with Gasteiger partial charge in [-0.05, 0) is 19.3 Å². The second-order valence-corrected chi connectivity index (χ2v) is 7.00. The SMILES string of the molecule is Cc1ccc(-c2csc(NC(=O)CCC3CCCC3)n2)cc1. The summed E-state index contributed by atoms with van der Waals surface area (Å²) in [6.45, 7) is 2.07. The third kappa shape index (κ3) is 3.95. The van der Waals surface area contributed by atoms with E-state index in [2.05, 4.69) is 41.5 Å². The highest BCUT2D eigenvalue weighted by atomic mass is 32.1. The Hall–Kier alpha value is -1.68. The highest BCUT2D eigenvalue weighted by Gasteiger charge is 2.16. The third-order valence-corrected chi connectivity index (χ3v) is 5.11. The molecule has 4 heteroatoms. The molecule has 1 heterocycles. The summed E-state index contributed by atoms with van der Waals surface area (Å²) in [7, 11) is 0. The molecule has 0 bridgehead atoms. The zero-order valence-electron chi connectivity index (χ0n) is 13.0. The molecule has 0 spiro atoms. The van der Waals surface area contributed by atoms with Crippen LogP contribution in [0.25, 0.3) is 11.3 Å². The van der Waals surface area contributed by atoms with Crippen molar-refractivity contribution < 1.29 is 4.79 Å². The first-order valence-corrected chi connectivity index (χ1v) is 8.91. The second-order valence-electron chi connectivity index (χ2n) is 6.14. The number of rotatable bonds is 5. The lowest BCUT2D eigenvalue weighted by Gasteiger charge is -2.07. The van der Waals surface area contributed by atoms with Gasteiger partial charge in [-0.15, -0.1) is 11.3 Å². The summed E-state index contributed by atoms with van der Waals surface area (Å²) in [6, 6.07) is 8.29. The Morgan fingerprint density at radius 3 is 2.73 bits per heavy atom. The molecule has 2 aromatic rings. The van der Waals surface area contributed by atoms with Crippen molar-refractivity contribution in [2.75, 3.05) is 5.32 Å². The number of benzene rings is 1. The molecule has 0 atom stereocenters. The van der Waals surface area contributed by atoms with Crippen molar-refractivity contribution in [1.82, 2.24) is 4.98 Å². The number of carbonyl (C=O) groups is 1. The number of aryl methyl sites for hydroxylation is 1. The number of anilines is 1. The van der Waals surface area contributed by atoms with Crippen LogP contribution < -0.4 is 5.32 Å². The van der Waals surface area contributed by atoms with E-state index in [-0.39, 0.29) is 5.91 Å². The third-order valence-electron chi connectivity index (χ3n) is 4.35. The second kappa shape index (κ2) is 7.05.